The number of ether oxygens (including phenoxy) is 1. The van der Waals surface area contributed by atoms with E-state index in [0.717, 1.165) is 17.7 Å². The highest BCUT2D eigenvalue weighted by molar-refractivity contribution is 5.94. The van der Waals surface area contributed by atoms with Crippen LogP contribution in [0.3, 0.4) is 0 Å². The van der Waals surface area contributed by atoms with Gasteiger partial charge in [-0.05, 0) is 54.4 Å². The largest absolute Gasteiger partial charge is 0.494 e. The van der Waals surface area contributed by atoms with E-state index in [0.29, 0.717) is 17.9 Å². The maximum absolute atomic E-state index is 12.8. The Kier molecular flexibility index (Phi) is 5.94. The fraction of sp³-hybridized carbons (Fsp3) is 0.150. The van der Waals surface area contributed by atoms with Gasteiger partial charge in [0.2, 0.25) is 0 Å². The molecule has 1 amide bonds. The number of nitrogens with zero attached hydrogens (tertiary/aromatic N) is 2. The number of aromatic nitrogens is 2. The first-order valence-electron chi connectivity index (χ1n) is 8.53. The highest BCUT2D eigenvalue weighted by Crippen LogP contribution is 2.21. The zero-order valence-corrected chi connectivity index (χ0v) is 14.8. The molecule has 0 radical (unpaired) electrons. The molecule has 0 unspecified atom stereocenters. The standard InChI is InChI=1S/C20H19FN4O2/c1-2-11-27-17-9-5-15(6-10-17)18-12-19(24-23-18)20(26)25-22-13-14-3-7-16(21)8-4-14/h3-10,12-13H,2,11H2,1H3,(H,23,24)(H,25,26)/b22-13-. The average Bonchev–Trinajstić information content (AvgIpc) is 3.18. The van der Waals surface area contributed by atoms with Crippen LogP contribution in [0.4, 0.5) is 4.39 Å². The monoisotopic (exact) mass is 366 g/mol. The maximum atomic E-state index is 12.8. The van der Waals surface area contributed by atoms with Gasteiger partial charge in [-0.15, -0.1) is 0 Å². The molecule has 7 heteroatoms. The Bertz CT molecular complexity index is 918. The lowest BCUT2D eigenvalue weighted by molar-refractivity contribution is 0.0950. The van der Waals surface area contributed by atoms with Crippen LogP contribution in [0.2, 0.25) is 0 Å². The zero-order valence-electron chi connectivity index (χ0n) is 14.8. The van der Waals surface area contributed by atoms with Crippen molar-refractivity contribution in [2.24, 2.45) is 5.10 Å². The molecular weight excluding hydrogens is 347 g/mol. The highest BCUT2D eigenvalue weighted by atomic mass is 19.1. The number of aromatic amines is 1. The summed E-state index contributed by atoms with van der Waals surface area (Å²) >= 11 is 0. The number of hydrogen-bond donors (Lipinski definition) is 2. The number of nitrogens with one attached hydrogen (secondary N) is 2. The van der Waals surface area contributed by atoms with E-state index in [4.69, 9.17) is 4.74 Å². The SMILES string of the molecule is CCCOc1ccc(-c2cc(C(=O)N/N=C\c3ccc(F)cc3)[nH]n2)cc1. The second-order valence-electron chi connectivity index (χ2n) is 5.79. The van der Waals surface area contributed by atoms with Crippen molar-refractivity contribution >= 4 is 12.1 Å². The smallest absolute Gasteiger partial charge is 0.289 e. The van der Waals surface area contributed by atoms with Crippen molar-refractivity contribution in [2.75, 3.05) is 6.61 Å². The summed E-state index contributed by atoms with van der Waals surface area (Å²) in [7, 11) is 0. The van der Waals surface area contributed by atoms with Crippen molar-refractivity contribution < 1.29 is 13.9 Å². The molecular formula is C20H19FN4O2. The Morgan fingerprint density at radius 2 is 1.96 bits per heavy atom. The van der Waals surface area contributed by atoms with Crippen LogP contribution in [0.25, 0.3) is 11.3 Å². The normalized spacial score (nSPS) is 10.9. The number of amides is 1. The van der Waals surface area contributed by atoms with Crippen LogP contribution in [0.15, 0.2) is 59.7 Å². The fourth-order valence-corrected chi connectivity index (χ4v) is 2.30. The molecule has 0 spiro atoms. The highest BCUT2D eigenvalue weighted by Gasteiger charge is 2.10. The number of rotatable bonds is 7. The van der Waals surface area contributed by atoms with E-state index in [2.05, 4.69) is 20.7 Å². The molecule has 3 rings (SSSR count). The number of carbonyl (C=O) groups is 1. The average molecular weight is 366 g/mol. The van der Waals surface area contributed by atoms with Crippen LogP contribution in [0.1, 0.15) is 29.4 Å². The minimum absolute atomic E-state index is 0.285. The second kappa shape index (κ2) is 8.75. The molecule has 1 aromatic heterocycles. The summed E-state index contributed by atoms with van der Waals surface area (Å²) in [6.45, 7) is 2.72. The third-order valence-electron chi connectivity index (χ3n) is 3.70. The van der Waals surface area contributed by atoms with Gasteiger partial charge in [-0.25, -0.2) is 9.82 Å². The number of H-pyrrole nitrogens is 1. The van der Waals surface area contributed by atoms with Gasteiger partial charge in [0.1, 0.15) is 17.3 Å². The number of benzene rings is 2. The second-order valence-corrected chi connectivity index (χ2v) is 5.79. The number of carbonyl (C=O) groups excluding carboxylic acids is 1. The van der Waals surface area contributed by atoms with Gasteiger partial charge in [0.25, 0.3) is 5.91 Å². The van der Waals surface area contributed by atoms with Crippen LogP contribution in [-0.4, -0.2) is 28.9 Å². The Hall–Kier alpha value is -3.48. The van der Waals surface area contributed by atoms with Crippen LogP contribution < -0.4 is 10.2 Å². The molecule has 27 heavy (non-hydrogen) atoms. The van der Waals surface area contributed by atoms with Crippen LogP contribution in [0.5, 0.6) is 5.75 Å². The summed E-state index contributed by atoms with van der Waals surface area (Å²) < 4.78 is 18.4. The van der Waals surface area contributed by atoms with Gasteiger partial charge in [0, 0.05) is 5.56 Å². The van der Waals surface area contributed by atoms with Gasteiger partial charge < -0.3 is 4.74 Å². The quantitative estimate of drug-likeness (QED) is 0.493. The van der Waals surface area contributed by atoms with Gasteiger partial charge >= 0.3 is 0 Å². The lowest BCUT2D eigenvalue weighted by Crippen LogP contribution is -2.17. The summed E-state index contributed by atoms with van der Waals surface area (Å²) in [6, 6.07) is 14.9. The Morgan fingerprint density at radius 1 is 1.22 bits per heavy atom. The molecule has 0 aliphatic rings. The van der Waals surface area contributed by atoms with Crippen molar-refractivity contribution in [3.05, 3.63) is 71.7 Å². The van der Waals surface area contributed by atoms with Gasteiger partial charge in [0.05, 0.1) is 18.5 Å². The summed E-state index contributed by atoms with van der Waals surface area (Å²) in [4.78, 5) is 12.1. The summed E-state index contributed by atoms with van der Waals surface area (Å²) in [5, 5.41) is 10.7. The van der Waals surface area contributed by atoms with Crippen molar-refractivity contribution in [3.8, 4) is 17.0 Å². The molecule has 0 saturated carbocycles. The molecule has 138 valence electrons. The summed E-state index contributed by atoms with van der Waals surface area (Å²) in [5.74, 6) is 0.0466. The first-order valence-corrected chi connectivity index (χ1v) is 8.53. The molecule has 0 aliphatic heterocycles. The molecule has 0 fully saturated rings. The Balaban J connectivity index is 1.61. The predicted molar refractivity (Wildman–Crippen MR) is 101 cm³/mol. The summed E-state index contributed by atoms with van der Waals surface area (Å²) in [5.41, 5.74) is 4.87. The third-order valence-corrected chi connectivity index (χ3v) is 3.70. The van der Waals surface area contributed by atoms with Crippen molar-refractivity contribution in [1.82, 2.24) is 15.6 Å². The number of halogens is 1. The lowest BCUT2D eigenvalue weighted by atomic mass is 10.1. The van der Waals surface area contributed by atoms with E-state index >= 15 is 0 Å². The van der Waals surface area contributed by atoms with Gasteiger partial charge in [0.15, 0.2) is 0 Å². The van der Waals surface area contributed by atoms with E-state index in [1.807, 2.05) is 31.2 Å². The van der Waals surface area contributed by atoms with E-state index in [1.165, 1.54) is 18.3 Å². The van der Waals surface area contributed by atoms with Crippen molar-refractivity contribution in [3.63, 3.8) is 0 Å². The first kappa shape index (κ1) is 18.3. The first-order chi connectivity index (χ1) is 13.2. The molecule has 6 nitrogen and oxygen atoms in total. The molecule has 1 heterocycles. The third kappa shape index (κ3) is 5.01. The van der Waals surface area contributed by atoms with Crippen molar-refractivity contribution in [1.29, 1.82) is 0 Å². The molecule has 0 saturated heterocycles. The minimum atomic E-state index is -0.421. The van der Waals surface area contributed by atoms with Crippen LogP contribution in [-0.2, 0) is 0 Å². The van der Waals surface area contributed by atoms with Gasteiger partial charge in [-0.3, -0.25) is 9.89 Å². The lowest BCUT2D eigenvalue weighted by Gasteiger charge is -2.04. The minimum Gasteiger partial charge on any atom is -0.494 e. The summed E-state index contributed by atoms with van der Waals surface area (Å²) in [6.07, 6.45) is 2.38. The van der Waals surface area contributed by atoms with Gasteiger partial charge in [-0.2, -0.15) is 10.2 Å². The number of hydrazone groups is 1. The molecule has 2 aromatic carbocycles. The predicted octanol–water partition coefficient (Wildman–Crippen LogP) is 3.77. The van der Waals surface area contributed by atoms with Crippen molar-refractivity contribution in [2.45, 2.75) is 13.3 Å². The van der Waals surface area contributed by atoms with E-state index in [9.17, 15) is 9.18 Å². The van der Waals surface area contributed by atoms with E-state index < -0.39 is 5.91 Å². The molecule has 2 N–H and O–H groups in total. The topological polar surface area (TPSA) is 79.4 Å². The molecule has 3 aromatic rings. The zero-order chi connectivity index (χ0) is 19.1. The van der Waals surface area contributed by atoms with E-state index in [1.54, 1.807) is 18.2 Å². The van der Waals surface area contributed by atoms with Crippen LogP contribution >= 0.6 is 0 Å². The number of hydrogen-bond acceptors (Lipinski definition) is 4. The molecule has 0 atom stereocenters. The molecule has 0 aliphatic carbocycles. The van der Waals surface area contributed by atoms with Gasteiger partial charge in [-0.1, -0.05) is 19.1 Å². The molecule has 0 bridgehead atoms. The Morgan fingerprint density at radius 3 is 2.67 bits per heavy atom. The van der Waals surface area contributed by atoms with E-state index in [-0.39, 0.29) is 11.5 Å². The fourth-order valence-electron chi connectivity index (χ4n) is 2.30. The maximum Gasteiger partial charge on any atom is 0.289 e. The Labute approximate surface area is 156 Å². The van der Waals surface area contributed by atoms with Crippen LogP contribution in [0, 0.1) is 5.82 Å².